The Morgan fingerprint density at radius 1 is 1.16 bits per heavy atom. The van der Waals surface area contributed by atoms with E-state index in [1.165, 1.54) is 0 Å². The van der Waals surface area contributed by atoms with E-state index < -0.39 is 0 Å². The van der Waals surface area contributed by atoms with Crippen molar-refractivity contribution in [3.63, 3.8) is 0 Å². The van der Waals surface area contributed by atoms with E-state index in [1.54, 1.807) is 7.11 Å². The first-order valence-corrected chi connectivity index (χ1v) is 6.17. The monoisotopic (exact) mass is 255 g/mol. The van der Waals surface area contributed by atoms with Crippen molar-refractivity contribution in [1.82, 2.24) is 0 Å². The molecule has 0 saturated heterocycles. The standard InChI is InChI=1S/C16H17NO2/c1-12-8-9-15(19-2)14(10-12)17-16(18)11-13-6-4-3-5-7-13/h3-10H,11H2,1-2H3,(H,17,18). The van der Waals surface area contributed by atoms with Crippen LogP contribution in [0.1, 0.15) is 11.1 Å². The van der Waals surface area contributed by atoms with Crippen molar-refractivity contribution in [2.45, 2.75) is 13.3 Å². The van der Waals surface area contributed by atoms with Crippen LogP contribution in [-0.2, 0) is 11.2 Å². The molecule has 1 N–H and O–H groups in total. The summed E-state index contributed by atoms with van der Waals surface area (Å²) in [5.41, 5.74) is 2.78. The smallest absolute Gasteiger partial charge is 0.228 e. The topological polar surface area (TPSA) is 38.3 Å². The molecule has 1 amide bonds. The second-order valence-electron chi connectivity index (χ2n) is 4.41. The number of rotatable bonds is 4. The maximum atomic E-state index is 12.0. The molecule has 98 valence electrons. The molecule has 0 unspecified atom stereocenters. The lowest BCUT2D eigenvalue weighted by atomic mass is 10.1. The van der Waals surface area contributed by atoms with Crippen LogP contribution in [0.5, 0.6) is 5.75 Å². The summed E-state index contributed by atoms with van der Waals surface area (Å²) < 4.78 is 5.24. The molecule has 0 radical (unpaired) electrons. The third-order valence-corrected chi connectivity index (χ3v) is 2.84. The van der Waals surface area contributed by atoms with E-state index in [0.717, 1.165) is 11.1 Å². The van der Waals surface area contributed by atoms with Crippen molar-refractivity contribution in [2.24, 2.45) is 0 Å². The maximum absolute atomic E-state index is 12.0. The van der Waals surface area contributed by atoms with Gasteiger partial charge < -0.3 is 10.1 Å². The zero-order chi connectivity index (χ0) is 13.7. The zero-order valence-corrected chi connectivity index (χ0v) is 11.1. The van der Waals surface area contributed by atoms with Gasteiger partial charge in [-0.2, -0.15) is 0 Å². The minimum atomic E-state index is -0.0462. The zero-order valence-electron chi connectivity index (χ0n) is 11.1. The van der Waals surface area contributed by atoms with Gasteiger partial charge in [-0.25, -0.2) is 0 Å². The number of anilines is 1. The molecule has 0 bridgehead atoms. The normalized spacial score (nSPS) is 10.0. The minimum Gasteiger partial charge on any atom is -0.495 e. The molecule has 0 aromatic heterocycles. The van der Waals surface area contributed by atoms with Crippen molar-refractivity contribution in [3.05, 3.63) is 59.7 Å². The molecule has 3 heteroatoms. The minimum absolute atomic E-state index is 0.0462. The van der Waals surface area contributed by atoms with E-state index in [2.05, 4.69) is 5.32 Å². The van der Waals surface area contributed by atoms with Crippen LogP contribution < -0.4 is 10.1 Å². The van der Waals surface area contributed by atoms with Crippen LogP contribution in [0, 0.1) is 6.92 Å². The summed E-state index contributed by atoms with van der Waals surface area (Å²) in [6, 6.07) is 15.4. The highest BCUT2D eigenvalue weighted by Gasteiger charge is 2.08. The SMILES string of the molecule is COc1ccc(C)cc1NC(=O)Cc1ccccc1. The summed E-state index contributed by atoms with van der Waals surface area (Å²) in [6.45, 7) is 1.98. The molecule has 0 heterocycles. The van der Waals surface area contributed by atoms with Crippen molar-refractivity contribution < 1.29 is 9.53 Å². The lowest BCUT2D eigenvalue weighted by Gasteiger charge is -2.11. The predicted octanol–water partition coefficient (Wildman–Crippen LogP) is 3.18. The van der Waals surface area contributed by atoms with Gasteiger partial charge in [0.15, 0.2) is 0 Å². The van der Waals surface area contributed by atoms with Gasteiger partial charge in [-0.1, -0.05) is 36.4 Å². The van der Waals surface area contributed by atoms with Crippen LogP contribution in [0.4, 0.5) is 5.69 Å². The van der Waals surface area contributed by atoms with E-state index in [1.807, 2.05) is 55.5 Å². The molecule has 2 aromatic rings. The highest BCUT2D eigenvalue weighted by Crippen LogP contribution is 2.25. The third-order valence-electron chi connectivity index (χ3n) is 2.84. The number of nitrogens with one attached hydrogen (secondary N) is 1. The van der Waals surface area contributed by atoms with Gasteiger partial charge in [-0.15, -0.1) is 0 Å². The molecule has 0 atom stereocenters. The molecule has 0 aliphatic heterocycles. The fourth-order valence-electron chi connectivity index (χ4n) is 1.90. The van der Waals surface area contributed by atoms with Crippen molar-refractivity contribution in [1.29, 1.82) is 0 Å². The average molecular weight is 255 g/mol. The maximum Gasteiger partial charge on any atom is 0.228 e. The molecule has 0 spiro atoms. The Hall–Kier alpha value is -2.29. The molecule has 3 nitrogen and oxygen atoms in total. The van der Waals surface area contributed by atoms with Crippen LogP contribution in [0.15, 0.2) is 48.5 Å². The number of aryl methyl sites for hydroxylation is 1. The van der Waals surface area contributed by atoms with E-state index in [9.17, 15) is 4.79 Å². The number of methoxy groups -OCH3 is 1. The van der Waals surface area contributed by atoms with Crippen LogP contribution in [-0.4, -0.2) is 13.0 Å². The summed E-state index contributed by atoms with van der Waals surface area (Å²) in [4.78, 5) is 12.0. The van der Waals surface area contributed by atoms with Crippen LogP contribution in [0.25, 0.3) is 0 Å². The van der Waals surface area contributed by atoms with Crippen LogP contribution in [0.2, 0.25) is 0 Å². The van der Waals surface area contributed by atoms with Crippen LogP contribution in [0.3, 0.4) is 0 Å². The molecular weight excluding hydrogens is 238 g/mol. The van der Waals surface area contributed by atoms with Crippen molar-refractivity contribution in [3.8, 4) is 5.75 Å². The molecule has 0 saturated carbocycles. The fraction of sp³-hybridized carbons (Fsp3) is 0.188. The summed E-state index contributed by atoms with van der Waals surface area (Å²) in [5, 5.41) is 2.89. The molecular formula is C16H17NO2. The van der Waals surface area contributed by atoms with Gasteiger partial charge >= 0.3 is 0 Å². The second-order valence-corrected chi connectivity index (χ2v) is 4.41. The summed E-state index contributed by atoms with van der Waals surface area (Å²) >= 11 is 0. The van der Waals surface area contributed by atoms with Gasteiger partial charge in [0.05, 0.1) is 19.2 Å². The second kappa shape index (κ2) is 6.05. The average Bonchev–Trinajstić information content (AvgIpc) is 2.40. The van der Waals surface area contributed by atoms with Gasteiger partial charge in [0.1, 0.15) is 5.75 Å². The van der Waals surface area contributed by atoms with E-state index in [-0.39, 0.29) is 5.91 Å². The van der Waals surface area contributed by atoms with E-state index >= 15 is 0 Å². The number of hydrogen-bond acceptors (Lipinski definition) is 2. The molecule has 2 rings (SSSR count). The first-order chi connectivity index (χ1) is 9.19. The number of amides is 1. The first-order valence-electron chi connectivity index (χ1n) is 6.17. The Labute approximate surface area is 113 Å². The summed E-state index contributed by atoms with van der Waals surface area (Å²) in [7, 11) is 1.59. The summed E-state index contributed by atoms with van der Waals surface area (Å²) in [5.74, 6) is 0.627. The van der Waals surface area contributed by atoms with E-state index in [0.29, 0.717) is 17.9 Å². The van der Waals surface area contributed by atoms with Gasteiger partial charge in [0.25, 0.3) is 0 Å². The molecule has 0 fully saturated rings. The number of carbonyl (C=O) groups is 1. The van der Waals surface area contributed by atoms with Gasteiger partial charge in [0, 0.05) is 0 Å². The Bertz CT molecular complexity index is 564. The highest BCUT2D eigenvalue weighted by molar-refractivity contribution is 5.93. The number of benzene rings is 2. The number of carbonyl (C=O) groups excluding carboxylic acids is 1. The first kappa shape index (κ1) is 13.1. The predicted molar refractivity (Wildman–Crippen MR) is 76.5 cm³/mol. The van der Waals surface area contributed by atoms with Gasteiger partial charge in [-0.05, 0) is 30.2 Å². The Morgan fingerprint density at radius 2 is 1.89 bits per heavy atom. The quantitative estimate of drug-likeness (QED) is 0.911. The van der Waals surface area contributed by atoms with Crippen LogP contribution >= 0.6 is 0 Å². The highest BCUT2D eigenvalue weighted by atomic mass is 16.5. The Morgan fingerprint density at radius 3 is 2.58 bits per heavy atom. The van der Waals surface area contributed by atoms with Crippen molar-refractivity contribution in [2.75, 3.05) is 12.4 Å². The lowest BCUT2D eigenvalue weighted by Crippen LogP contribution is -2.15. The molecule has 2 aromatic carbocycles. The number of ether oxygens (including phenoxy) is 1. The molecule has 0 aliphatic carbocycles. The van der Waals surface area contributed by atoms with E-state index in [4.69, 9.17) is 4.74 Å². The fourth-order valence-corrected chi connectivity index (χ4v) is 1.90. The molecule has 0 aliphatic rings. The van der Waals surface area contributed by atoms with Gasteiger partial charge in [0.2, 0.25) is 5.91 Å². The Balaban J connectivity index is 2.09. The van der Waals surface area contributed by atoms with Crippen molar-refractivity contribution >= 4 is 11.6 Å². The Kier molecular flexibility index (Phi) is 4.18. The largest absolute Gasteiger partial charge is 0.495 e. The summed E-state index contributed by atoms with van der Waals surface area (Å²) in [6.07, 6.45) is 0.359. The number of hydrogen-bond donors (Lipinski definition) is 1. The third kappa shape index (κ3) is 3.58. The lowest BCUT2D eigenvalue weighted by molar-refractivity contribution is -0.115. The van der Waals surface area contributed by atoms with Gasteiger partial charge in [-0.3, -0.25) is 4.79 Å². The molecule has 19 heavy (non-hydrogen) atoms.